The molecular weight excluding hydrogens is 348 g/mol. The largest absolute Gasteiger partial charge is 0.373 e. The summed E-state index contributed by atoms with van der Waals surface area (Å²) in [5, 5.41) is 6.51. The van der Waals surface area contributed by atoms with E-state index in [0.717, 1.165) is 24.1 Å². The molecule has 3 heterocycles. The molecule has 3 N–H and O–H groups in total. The Hall–Kier alpha value is -1.16. The lowest BCUT2D eigenvalue weighted by molar-refractivity contribution is 0.0992. The molecule has 0 amide bonds. The summed E-state index contributed by atoms with van der Waals surface area (Å²) >= 11 is 1.27. The van der Waals surface area contributed by atoms with Gasteiger partial charge in [-0.2, -0.15) is 0 Å². The maximum atomic E-state index is 12.1. The predicted octanol–water partition coefficient (Wildman–Crippen LogP) is 0.820. The standard InChI is InChI=1S/C15H24N4O3S2/c1-10-3-6-14(23-10)24(20,21)18-8-7-17-15(16-2)19-12-9-11-4-5-13(12)22-11/h3,6,11-13,18H,4-5,7-9H2,1-2H3,(H2,16,17,19). The molecule has 0 aliphatic carbocycles. The zero-order chi connectivity index (χ0) is 17.2. The summed E-state index contributed by atoms with van der Waals surface area (Å²) in [6.45, 7) is 2.65. The number of nitrogens with one attached hydrogen (secondary N) is 3. The van der Waals surface area contributed by atoms with E-state index in [-0.39, 0.29) is 6.10 Å². The Balaban J connectivity index is 1.42. The van der Waals surface area contributed by atoms with Crippen molar-refractivity contribution in [2.75, 3.05) is 20.1 Å². The number of thiophene rings is 1. The molecule has 2 saturated heterocycles. The van der Waals surface area contributed by atoms with Gasteiger partial charge in [0, 0.05) is 25.0 Å². The summed E-state index contributed by atoms with van der Waals surface area (Å²) < 4.78 is 33.0. The van der Waals surface area contributed by atoms with Gasteiger partial charge in [0.2, 0.25) is 10.0 Å². The first-order valence-electron chi connectivity index (χ1n) is 8.16. The fourth-order valence-corrected chi connectivity index (χ4v) is 5.51. The highest BCUT2D eigenvalue weighted by Gasteiger charge is 2.41. The Morgan fingerprint density at radius 2 is 2.21 bits per heavy atom. The Labute approximate surface area is 146 Å². The lowest BCUT2D eigenvalue weighted by Gasteiger charge is -2.22. The van der Waals surface area contributed by atoms with Crippen LogP contribution in [0.4, 0.5) is 0 Å². The van der Waals surface area contributed by atoms with Crippen LogP contribution in [-0.4, -0.2) is 52.8 Å². The van der Waals surface area contributed by atoms with Crippen molar-refractivity contribution in [1.82, 2.24) is 15.4 Å². The third-order valence-corrected chi connectivity index (χ3v) is 7.30. The number of guanidine groups is 1. The molecule has 2 aliphatic heterocycles. The van der Waals surface area contributed by atoms with Crippen LogP contribution in [0.5, 0.6) is 0 Å². The predicted molar refractivity (Wildman–Crippen MR) is 95.0 cm³/mol. The van der Waals surface area contributed by atoms with E-state index in [0.29, 0.717) is 35.4 Å². The summed E-state index contributed by atoms with van der Waals surface area (Å²) in [7, 11) is -1.71. The van der Waals surface area contributed by atoms with Gasteiger partial charge < -0.3 is 15.4 Å². The molecule has 1 aromatic heterocycles. The second-order valence-electron chi connectivity index (χ2n) is 6.12. The van der Waals surface area contributed by atoms with Crippen LogP contribution in [0.15, 0.2) is 21.3 Å². The van der Waals surface area contributed by atoms with Crippen molar-refractivity contribution in [2.45, 2.75) is 48.6 Å². The summed E-state index contributed by atoms with van der Waals surface area (Å²) in [5.74, 6) is 0.683. The Morgan fingerprint density at radius 1 is 1.38 bits per heavy atom. The van der Waals surface area contributed by atoms with E-state index in [1.165, 1.54) is 11.3 Å². The van der Waals surface area contributed by atoms with Crippen molar-refractivity contribution in [3.63, 3.8) is 0 Å². The van der Waals surface area contributed by atoms with Gasteiger partial charge >= 0.3 is 0 Å². The average molecular weight is 373 g/mol. The van der Waals surface area contributed by atoms with Crippen LogP contribution in [0.25, 0.3) is 0 Å². The molecule has 2 aliphatic rings. The van der Waals surface area contributed by atoms with E-state index in [1.807, 2.05) is 6.92 Å². The maximum Gasteiger partial charge on any atom is 0.250 e. The number of nitrogens with zero attached hydrogens (tertiary/aromatic N) is 1. The monoisotopic (exact) mass is 372 g/mol. The second kappa shape index (κ2) is 7.38. The zero-order valence-corrected chi connectivity index (χ0v) is 15.5. The Kier molecular flexibility index (Phi) is 5.43. The molecule has 3 atom stereocenters. The molecule has 3 rings (SSSR count). The van der Waals surface area contributed by atoms with Crippen LogP contribution >= 0.6 is 11.3 Å². The molecule has 0 aromatic carbocycles. The number of hydrogen-bond donors (Lipinski definition) is 3. The third-order valence-electron chi connectivity index (χ3n) is 4.34. The van der Waals surface area contributed by atoms with Crippen molar-refractivity contribution in [2.24, 2.45) is 4.99 Å². The molecule has 0 spiro atoms. The number of sulfonamides is 1. The summed E-state index contributed by atoms with van der Waals surface area (Å²) in [4.78, 5) is 5.17. The fraction of sp³-hybridized carbons (Fsp3) is 0.667. The fourth-order valence-electron chi connectivity index (χ4n) is 3.15. The second-order valence-corrected chi connectivity index (χ2v) is 9.40. The Morgan fingerprint density at radius 3 is 2.79 bits per heavy atom. The van der Waals surface area contributed by atoms with Crippen LogP contribution in [-0.2, 0) is 14.8 Å². The lowest BCUT2D eigenvalue weighted by Crippen LogP contribution is -2.48. The van der Waals surface area contributed by atoms with Crippen LogP contribution in [0.1, 0.15) is 24.1 Å². The number of aryl methyl sites for hydroxylation is 1. The molecule has 9 heteroatoms. The van der Waals surface area contributed by atoms with Gasteiger partial charge in [0.15, 0.2) is 5.96 Å². The minimum atomic E-state index is -3.43. The van der Waals surface area contributed by atoms with Gasteiger partial charge in [-0.3, -0.25) is 4.99 Å². The first kappa shape index (κ1) is 17.7. The molecular formula is C15H24N4O3S2. The molecule has 1 aromatic rings. The van der Waals surface area contributed by atoms with Crippen LogP contribution < -0.4 is 15.4 Å². The molecule has 3 unspecified atom stereocenters. The SMILES string of the molecule is CN=C(NCCNS(=O)(=O)c1ccc(C)s1)NC1CC2CCC1O2. The quantitative estimate of drug-likeness (QED) is 0.391. The van der Waals surface area contributed by atoms with Crippen LogP contribution in [0, 0.1) is 6.92 Å². The number of ether oxygens (including phenoxy) is 1. The van der Waals surface area contributed by atoms with E-state index < -0.39 is 10.0 Å². The molecule has 2 fully saturated rings. The van der Waals surface area contributed by atoms with Gasteiger partial charge in [-0.15, -0.1) is 11.3 Å². The van der Waals surface area contributed by atoms with Gasteiger partial charge in [0.25, 0.3) is 0 Å². The van der Waals surface area contributed by atoms with Crippen LogP contribution in [0.2, 0.25) is 0 Å². The van der Waals surface area contributed by atoms with Gasteiger partial charge in [-0.25, -0.2) is 13.1 Å². The average Bonchev–Trinajstić information content (AvgIpc) is 3.27. The number of fused-ring (bicyclic) bond motifs is 2. The maximum absolute atomic E-state index is 12.1. The first-order chi connectivity index (χ1) is 11.5. The Bertz CT molecular complexity index is 701. The first-order valence-corrected chi connectivity index (χ1v) is 10.5. The number of hydrogen-bond acceptors (Lipinski definition) is 5. The van der Waals surface area contributed by atoms with Gasteiger partial charge in [-0.05, 0) is 38.3 Å². The molecule has 2 bridgehead atoms. The molecule has 0 radical (unpaired) electrons. The van der Waals surface area contributed by atoms with Crippen molar-refractivity contribution >= 4 is 27.3 Å². The van der Waals surface area contributed by atoms with E-state index in [9.17, 15) is 8.42 Å². The zero-order valence-electron chi connectivity index (χ0n) is 13.9. The van der Waals surface area contributed by atoms with E-state index in [2.05, 4.69) is 20.3 Å². The number of rotatable bonds is 6. The summed E-state index contributed by atoms with van der Waals surface area (Å²) in [5.41, 5.74) is 0. The number of aliphatic imine (C=N–C) groups is 1. The van der Waals surface area contributed by atoms with E-state index in [4.69, 9.17) is 4.74 Å². The molecule has 134 valence electrons. The highest BCUT2D eigenvalue weighted by molar-refractivity contribution is 7.91. The van der Waals surface area contributed by atoms with Crippen molar-refractivity contribution in [1.29, 1.82) is 0 Å². The van der Waals surface area contributed by atoms with Crippen molar-refractivity contribution in [3.8, 4) is 0 Å². The van der Waals surface area contributed by atoms with Gasteiger partial charge in [0.1, 0.15) is 4.21 Å². The van der Waals surface area contributed by atoms with Crippen molar-refractivity contribution < 1.29 is 13.2 Å². The normalized spacial score (nSPS) is 26.8. The topological polar surface area (TPSA) is 91.8 Å². The molecule has 24 heavy (non-hydrogen) atoms. The van der Waals surface area contributed by atoms with Crippen molar-refractivity contribution in [3.05, 3.63) is 17.0 Å². The van der Waals surface area contributed by atoms with Gasteiger partial charge in [-0.1, -0.05) is 0 Å². The van der Waals surface area contributed by atoms with E-state index >= 15 is 0 Å². The minimum absolute atomic E-state index is 0.272. The highest BCUT2D eigenvalue weighted by Crippen LogP contribution is 2.34. The lowest BCUT2D eigenvalue weighted by atomic mass is 9.96. The highest BCUT2D eigenvalue weighted by atomic mass is 32.2. The molecule has 0 saturated carbocycles. The minimum Gasteiger partial charge on any atom is -0.373 e. The molecule has 7 nitrogen and oxygen atoms in total. The van der Waals surface area contributed by atoms with E-state index in [1.54, 1.807) is 19.2 Å². The third kappa shape index (κ3) is 4.08. The smallest absolute Gasteiger partial charge is 0.250 e. The van der Waals surface area contributed by atoms with Crippen LogP contribution in [0.3, 0.4) is 0 Å². The van der Waals surface area contributed by atoms with Gasteiger partial charge in [0.05, 0.1) is 18.2 Å². The summed E-state index contributed by atoms with van der Waals surface area (Å²) in [6, 6.07) is 3.73. The summed E-state index contributed by atoms with van der Waals surface area (Å²) in [6.07, 6.45) is 3.91.